The quantitative estimate of drug-likeness (QED) is 0.198. The fourth-order valence-electron chi connectivity index (χ4n) is 2.57. The van der Waals surface area contributed by atoms with Crippen molar-refractivity contribution in [1.29, 1.82) is 0 Å². The fourth-order valence-corrected chi connectivity index (χ4v) is 4.90. The van der Waals surface area contributed by atoms with Gasteiger partial charge in [0.05, 0.1) is 12.7 Å². The number of carbonyl (C=O) groups is 1. The molecule has 24 heavy (non-hydrogen) atoms. The van der Waals surface area contributed by atoms with Gasteiger partial charge in [-0.2, -0.15) is 0 Å². The average molecular weight is 369 g/mol. The lowest BCUT2D eigenvalue weighted by Gasteiger charge is -2.06. The first-order valence-corrected chi connectivity index (χ1v) is 11.6. The minimum Gasteiger partial charge on any atom is -0.465 e. The van der Waals surface area contributed by atoms with Gasteiger partial charge in [-0.05, 0) is 18.6 Å². The fraction of sp³-hybridized carbons (Fsp3) is 0.650. The third-order valence-corrected chi connectivity index (χ3v) is 6.52. The van der Waals surface area contributed by atoms with Crippen LogP contribution in [0.5, 0.6) is 0 Å². The van der Waals surface area contributed by atoms with Gasteiger partial charge >= 0.3 is 5.97 Å². The lowest BCUT2D eigenvalue weighted by molar-refractivity contribution is 0.0597. The Morgan fingerprint density at radius 3 is 2.12 bits per heavy atom. The number of unbranched alkanes of at least 4 members (excludes halogenated alkanes) is 9. The molecule has 0 amide bonds. The first kappa shape index (κ1) is 21.4. The van der Waals surface area contributed by atoms with Gasteiger partial charge in [-0.25, -0.2) is 4.79 Å². The molecule has 1 aromatic carbocycles. The molecule has 2 nitrogen and oxygen atoms in total. The Kier molecular flexibility index (Phi) is 13.1. The molecular weight excluding hydrogens is 336 g/mol. The summed E-state index contributed by atoms with van der Waals surface area (Å²) in [5, 5.41) is 0. The zero-order chi connectivity index (χ0) is 17.5. The first-order valence-electron chi connectivity index (χ1n) is 9.26. The number of ether oxygens (including phenoxy) is 1. The van der Waals surface area contributed by atoms with Crippen LogP contribution in [0.25, 0.3) is 0 Å². The summed E-state index contributed by atoms with van der Waals surface area (Å²) in [5.74, 6) is 0.883. The van der Waals surface area contributed by atoms with Crippen molar-refractivity contribution in [2.24, 2.45) is 0 Å². The maximum absolute atomic E-state index is 11.7. The Labute approximate surface area is 155 Å². The third-order valence-electron chi connectivity index (χ3n) is 4.02. The average Bonchev–Trinajstić information content (AvgIpc) is 2.62. The lowest BCUT2D eigenvalue weighted by Crippen LogP contribution is -2.02. The molecule has 0 heterocycles. The Morgan fingerprint density at radius 1 is 0.917 bits per heavy atom. The van der Waals surface area contributed by atoms with Gasteiger partial charge in [-0.1, -0.05) is 98.4 Å². The number of hydrogen-bond donors (Lipinski definition) is 0. The van der Waals surface area contributed by atoms with E-state index in [0.29, 0.717) is 5.56 Å². The van der Waals surface area contributed by atoms with Crippen molar-refractivity contribution in [3.05, 3.63) is 29.8 Å². The highest BCUT2D eigenvalue weighted by molar-refractivity contribution is 8.76. The van der Waals surface area contributed by atoms with Crippen molar-refractivity contribution < 1.29 is 9.53 Å². The zero-order valence-electron chi connectivity index (χ0n) is 15.2. The van der Waals surface area contributed by atoms with E-state index in [-0.39, 0.29) is 5.97 Å². The van der Waals surface area contributed by atoms with E-state index in [1.165, 1.54) is 71.3 Å². The van der Waals surface area contributed by atoms with Crippen molar-refractivity contribution in [1.82, 2.24) is 0 Å². The van der Waals surface area contributed by atoms with Crippen LogP contribution in [0, 0.1) is 0 Å². The molecule has 0 aromatic heterocycles. The van der Waals surface area contributed by atoms with E-state index in [9.17, 15) is 4.79 Å². The van der Waals surface area contributed by atoms with Gasteiger partial charge in [0.15, 0.2) is 0 Å². The maximum atomic E-state index is 11.7. The highest BCUT2D eigenvalue weighted by Gasteiger charge is 2.11. The van der Waals surface area contributed by atoms with Crippen LogP contribution in [0.1, 0.15) is 81.5 Å². The molecule has 1 rings (SSSR count). The highest BCUT2D eigenvalue weighted by Crippen LogP contribution is 2.34. The molecule has 4 heteroatoms. The Bertz CT molecular complexity index is 449. The third kappa shape index (κ3) is 9.63. The number of methoxy groups -OCH3 is 1. The van der Waals surface area contributed by atoms with Gasteiger partial charge in [-0.3, -0.25) is 0 Å². The van der Waals surface area contributed by atoms with E-state index in [2.05, 4.69) is 6.92 Å². The van der Waals surface area contributed by atoms with E-state index < -0.39 is 0 Å². The van der Waals surface area contributed by atoms with Crippen molar-refractivity contribution in [2.45, 2.75) is 76.0 Å². The molecule has 136 valence electrons. The summed E-state index contributed by atoms with van der Waals surface area (Å²) in [7, 11) is 4.95. The van der Waals surface area contributed by atoms with E-state index in [1.54, 1.807) is 10.8 Å². The van der Waals surface area contributed by atoms with Gasteiger partial charge in [0, 0.05) is 10.6 Å². The van der Waals surface area contributed by atoms with Crippen LogP contribution < -0.4 is 0 Å². The molecule has 0 N–H and O–H groups in total. The van der Waals surface area contributed by atoms with Crippen LogP contribution in [-0.4, -0.2) is 18.8 Å². The first-order chi connectivity index (χ1) is 11.8. The van der Waals surface area contributed by atoms with Gasteiger partial charge in [0.2, 0.25) is 0 Å². The van der Waals surface area contributed by atoms with E-state index in [1.807, 2.05) is 35.1 Å². The molecule has 0 fully saturated rings. The summed E-state index contributed by atoms with van der Waals surface area (Å²) < 4.78 is 4.83. The van der Waals surface area contributed by atoms with E-state index in [4.69, 9.17) is 4.74 Å². The van der Waals surface area contributed by atoms with Gasteiger partial charge in [-0.15, -0.1) is 0 Å². The molecule has 1 aromatic rings. The van der Waals surface area contributed by atoms with Crippen molar-refractivity contribution >= 4 is 27.6 Å². The number of benzene rings is 1. The molecular formula is C20H32O2S2. The second-order valence-corrected chi connectivity index (χ2v) is 8.53. The second kappa shape index (κ2) is 14.7. The standard InChI is InChI=1S/C20H32O2S2/c1-3-4-5-6-7-8-9-10-11-14-17-23-24-19-16-13-12-15-18(19)20(21)22-2/h12-13,15-16H,3-11,14,17H2,1-2H3. The second-order valence-electron chi connectivity index (χ2n) is 6.08. The normalized spacial score (nSPS) is 10.8. The highest BCUT2D eigenvalue weighted by atomic mass is 33.1. The molecule has 0 saturated carbocycles. The molecule has 0 spiro atoms. The molecule has 0 aliphatic rings. The van der Waals surface area contributed by atoms with Crippen LogP contribution in [0.4, 0.5) is 0 Å². The minimum absolute atomic E-state index is 0.252. The SMILES string of the molecule is CCCCCCCCCCCCSSc1ccccc1C(=O)OC. The van der Waals surface area contributed by atoms with Crippen LogP contribution in [-0.2, 0) is 4.74 Å². The predicted octanol–water partition coefficient (Wildman–Crippen LogP) is 7.13. The number of carbonyl (C=O) groups excluding carboxylic acids is 1. The molecule has 0 saturated heterocycles. The molecule has 0 bridgehead atoms. The largest absolute Gasteiger partial charge is 0.465 e. The molecule has 0 radical (unpaired) electrons. The summed E-state index contributed by atoms with van der Waals surface area (Å²) in [6.45, 7) is 2.27. The Balaban J connectivity index is 2.02. The summed E-state index contributed by atoms with van der Waals surface area (Å²) in [6, 6.07) is 7.66. The molecule has 0 aliphatic heterocycles. The monoisotopic (exact) mass is 368 g/mol. The summed E-state index contributed by atoms with van der Waals surface area (Å²) >= 11 is 0. The summed E-state index contributed by atoms with van der Waals surface area (Å²) in [5.41, 5.74) is 0.667. The van der Waals surface area contributed by atoms with E-state index in [0.717, 1.165) is 10.6 Å². The van der Waals surface area contributed by atoms with Crippen LogP contribution in [0.3, 0.4) is 0 Å². The number of hydrogen-bond acceptors (Lipinski definition) is 4. The molecule has 0 unspecified atom stereocenters. The summed E-state index contributed by atoms with van der Waals surface area (Å²) in [4.78, 5) is 12.7. The van der Waals surface area contributed by atoms with Crippen LogP contribution >= 0.6 is 21.6 Å². The topological polar surface area (TPSA) is 26.3 Å². The minimum atomic E-state index is -0.252. The molecule has 0 atom stereocenters. The van der Waals surface area contributed by atoms with Gasteiger partial charge in [0.25, 0.3) is 0 Å². The van der Waals surface area contributed by atoms with Gasteiger partial charge < -0.3 is 4.74 Å². The number of esters is 1. The zero-order valence-corrected chi connectivity index (χ0v) is 16.9. The van der Waals surface area contributed by atoms with Gasteiger partial charge in [0.1, 0.15) is 0 Å². The van der Waals surface area contributed by atoms with Crippen molar-refractivity contribution in [3.8, 4) is 0 Å². The van der Waals surface area contributed by atoms with Crippen LogP contribution in [0.15, 0.2) is 29.2 Å². The Hall–Kier alpha value is -0.610. The Morgan fingerprint density at radius 2 is 1.50 bits per heavy atom. The maximum Gasteiger partial charge on any atom is 0.339 e. The van der Waals surface area contributed by atoms with Crippen molar-refractivity contribution in [2.75, 3.05) is 12.9 Å². The lowest BCUT2D eigenvalue weighted by atomic mass is 10.1. The summed E-state index contributed by atoms with van der Waals surface area (Å²) in [6.07, 6.45) is 13.7. The number of rotatable bonds is 14. The van der Waals surface area contributed by atoms with E-state index >= 15 is 0 Å². The van der Waals surface area contributed by atoms with Crippen LogP contribution in [0.2, 0.25) is 0 Å². The molecule has 0 aliphatic carbocycles. The smallest absolute Gasteiger partial charge is 0.339 e. The predicted molar refractivity (Wildman–Crippen MR) is 108 cm³/mol. The van der Waals surface area contributed by atoms with Crippen molar-refractivity contribution in [3.63, 3.8) is 0 Å².